The van der Waals surface area contributed by atoms with Gasteiger partial charge >= 0.3 is 0 Å². The molecule has 3 aliphatic rings. The number of hydrogen-bond donors (Lipinski definition) is 0. The predicted molar refractivity (Wildman–Crippen MR) is 150 cm³/mol. The molecule has 4 aromatic carbocycles. The Morgan fingerprint density at radius 3 is 2.43 bits per heavy atom. The number of halogens is 1. The Hall–Kier alpha value is -5.44. The summed E-state index contributed by atoms with van der Waals surface area (Å²) in [6.07, 6.45) is 0. The zero-order valence-corrected chi connectivity index (χ0v) is 22.0. The monoisotopic (exact) mass is 560 g/mol. The highest BCUT2D eigenvalue weighted by molar-refractivity contribution is 6.17. The van der Waals surface area contributed by atoms with Crippen molar-refractivity contribution in [3.8, 4) is 11.5 Å². The van der Waals surface area contributed by atoms with E-state index >= 15 is 0 Å². The van der Waals surface area contributed by atoms with Crippen molar-refractivity contribution in [1.82, 2.24) is 4.90 Å². The summed E-state index contributed by atoms with van der Waals surface area (Å²) in [5.41, 5.74) is 0.0646. The van der Waals surface area contributed by atoms with Gasteiger partial charge in [-0.3, -0.25) is 14.4 Å². The Balaban J connectivity index is 1.39. The molecule has 42 heavy (non-hydrogen) atoms. The van der Waals surface area contributed by atoms with Gasteiger partial charge in [-0.25, -0.2) is 4.39 Å². The summed E-state index contributed by atoms with van der Waals surface area (Å²) in [4.78, 5) is 46.4. The maximum Gasteiger partial charge on any atom is 0.291 e. The quantitative estimate of drug-likeness (QED) is 0.304. The molecule has 1 aromatic heterocycles. The highest BCUT2D eigenvalue weighted by Crippen LogP contribution is 2.53. The Morgan fingerprint density at radius 2 is 1.57 bits per heavy atom. The van der Waals surface area contributed by atoms with E-state index < -0.39 is 28.6 Å². The molecule has 1 atom stereocenters. The first-order chi connectivity index (χ1) is 20.5. The average Bonchev–Trinajstić information content (AvgIpc) is 3.64. The van der Waals surface area contributed by atoms with Crippen LogP contribution in [0.5, 0.6) is 11.5 Å². The van der Waals surface area contributed by atoms with E-state index in [1.807, 2.05) is 30.3 Å². The molecule has 206 valence electrons. The minimum atomic E-state index is -1.84. The summed E-state index contributed by atoms with van der Waals surface area (Å²) in [6.45, 7) is 0.259. The van der Waals surface area contributed by atoms with Crippen LogP contribution in [-0.4, -0.2) is 23.5 Å². The van der Waals surface area contributed by atoms with Gasteiger partial charge in [0.05, 0.1) is 23.2 Å². The number of benzene rings is 4. The molecule has 2 amide bonds. The number of anilines is 1. The highest BCUT2D eigenvalue weighted by Gasteiger charge is 2.65. The van der Waals surface area contributed by atoms with E-state index in [1.54, 1.807) is 47.4 Å². The number of carbonyl (C=O) groups is 2. The fraction of sp³-hybridized carbons (Fsp3) is 0.121. The van der Waals surface area contributed by atoms with Gasteiger partial charge in [-0.15, -0.1) is 0 Å². The SMILES string of the molecule is O=C1c2oc3ccc(F)cc3c(=O)c2C2(C(=O)N(Cc3ccccc3)c3ccccc32)N1Cc1ccc2c(c1)OCO2. The van der Waals surface area contributed by atoms with Crippen molar-refractivity contribution in [2.75, 3.05) is 11.7 Å². The lowest BCUT2D eigenvalue weighted by Crippen LogP contribution is -2.52. The van der Waals surface area contributed by atoms with Crippen molar-refractivity contribution in [3.05, 3.63) is 135 Å². The number of rotatable bonds is 4. The van der Waals surface area contributed by atoms with Crippen LogP contribution in [0.4, 0.5) is 10.1 Å². The molecule has 8 nitrogen and oxygen atoms in total. The molecule has 1 spiro atoms. The fourth-order valence-electron chi connectivity index (χ4n) is 6.33. The van der Waals surface area contributed by atoms with E-state index in [0.717, 1.165) is 17.7 Å². The number of ether oxygens (including phenoxy) is 2. The van der Waals surface area contributed by atoms with Crippen molar-refractivity contribution in [2.45, 2.75) is 18.6 Å². The van der Waals surface area contributed by atoms with E-state index in [9.17, 15) is 18.8 Å². The normalized spacial score (nSPS) is 18.3. The molecule has 4 heterocycles. The summed E-state index contributed by atoms with van der Waals surface area (Å²) in [7, 11) is 0. The number of fused-ring (bicyclic) bond motifs is 6. The Kier molecular flexibility index (Phi) is 5.09. The summed E-state index contributed by atoms with van der Waals surface area (Å²) >= 11 is 0. The van der Waals surface area contributed by atoms with Gasteiger partial charge in [-0.2, -0.15) is 0 Å². The number of hydrogen-bond acceptors (Lipinski definition) is 6. The first-order valence-electron chi connectivity index (χ1n) is 13.4. The molecule has 1 unspecified atom stereocenters. The maximum absolute atomic E-state index is 14.9. The van der Waals surface area contributed by atoms with Crippen LogP contribution in [0.2, 0.25) is 0 Å². The van der Waals surface area contributed by atoms with Gasteiger partial charge in [0.2, 0.25) is 12.6 Å². The lowest BCUT2D eigenvalue weighted by Gasteiger charge is -2.34. The molecule has 0 radical (unpaired) electrons. The van der Waals surface area contributed by atoms with Crippen molar-refractivity contribution < 1.29 is 27.9 Å². The maximum atomic E-state index is 14.9. The zero-order valence-electron chi connectivity index (χ0n) is 22.0. The molecule has 0 N–H and O–H groups in total. The van der Waals surface area contributed by atoms with Gasteiger partial charge in [0.1, 0.15) is 11.4 Å². The molecule has 0 saturated heterocycles. The van der Waals surface area contributed by atoms with Crippen LogP contribution >= 0.6 is 0 Å². The number of amides is 2. The van der Waals surface area contributed by atoms with Crippen molar-refractivity contribution in [2.24, 2.45) is 0 Å². The summed E-state index contributed by atoms with van der Waals surface area (Å²) in [5, 5.41) is -0.0438. The standard InChI is InChI=1S/C33H21FN2O6/c34-21-11-13-25-22(15-21)29(37)28-30(42-25)31(38)36(17-20-10-12-26-27(14-20)41-18-40-26)33(28)23-8-4-5-9-24(23)35(32(33)39)16-19-6-2-1-3-7-19/h1-15H,16-18H2. The molecule has 0 saturated carbocycles. The zero-order chi connectivity index (χ0) is 28.6. The highest BCUT2D eigenvalue weighted by atomic mass is 19.1. The molecule has 0 aliphatic carbocycles. The van der Waals surface area contributed by atoms with Gasteiger partial charge in [0.25, 0.3) is 11.8 Å². The van der Waals surface area contributed by atoms with E-state index in [4.69, 9.17) is 13.9 Å². The Labute approximate surface area is 238 Å². The van der Waals surface area contributed by atoms with Crippen LogP contribution in [0.15, 0.2) is 100 Å². The first-order valence-corrected chi connectivity index (χ1v) is 13.4. The van der Waals surface area contributed by atoms with Crippen LogP contribution in [0.25, 0.3) is 11.0 Å². The number of nitrogens with zero attached hydrogens (tertiary/aromatic N) is 2. The van der Waals surface area contributed by atoms with Gasteiger partial charge in [-0.1, -0.05) is 54.6 Å². The Morgan fingerprint density at radius 1 is 0.786 bits per heavy atom. The van der Waals surface area contributed by atoms with E-state index in [2.05, 4.69) is 0 Å². The fourth-order valence-corrected chi connectivity index (χ4v) is 6.33. The summed E-state index contributed by atoms with van der Waals surface area (Å²) in [5.74, 6) is -0.853. The van der Waals surface area contributed by atoms with Crippen molar-refractivity contribution in [1.29, 1.82) is 0 Å². The van der Waals surface area contributed by atoms with Gasteiger partial charge in [-0.05, 0) is 47.5 Å². The van der Waals surface area contributed by atoms with Crippen molar-refractivity contribution in [3.63, 3.8) is 0 Å². The molecular weight excluding hydrogens is 539 g/mol. The lowest BCUT2D eigenvalue weighted by molar-refractivity contribution is -0.126. The van der Waals surface area contributed by atoms with Gasteiger partial charge in [0.15, 0.2) is 22.5 Å². The van der Waals surface area contributed by atoms with Crippen LogP contribution in [-0.2, 0) is 23.4 Å². The van der Waals surface area contributed by atoms with Gasteiger partial charge < -0.3 is 23.7 Å². The molecule has 9 heteroatoms. The molecular formula is C33H21FN2O6. The summed E-state index contributed by atoms with van der Waals surface area (Å²) in [6, 6.07) is 25.4. The van der Waals surface area contributed by atoms with Crippen LogP contribution in [0.1, 0.15) is 32.8 Å². The third kappa shape index (κ3) is 3.24. The van der Waals surface area contributed by atoms with Crippen LogP contribution in [0, 0.1) is 5.82 Å². The third-order valence-electron chi connectivity index (χ3n) is 8.16. The first kappa shape index (κ1) is 24.4. The smallest absolute Gasteiger partial charge is 0.291 e. The van der Waals surface area contributed by atoms with Crippen LogP contribution in [0.3, 0.4) is 0 Å². The second kappa shape index (κ2) is 8.78. The second-order valence-corrected chi connectivity index (χ2v) is 10.5. The molecule has 5 aromatic rings. The summed E-state index contributed by atoms with van der Waals surface area (Å²) < 4.78 is 31.4. The third-order valence-corrected chi connectivity index (χ3v) is 8.16. The van der Waals surface area contributed by atoms with E-state index in [0.29, 0.717) is 28.3 Å². The van der Waals surface area contributed by atoms with Crippen LogP contribution < -0.4 is 19.8 Å². The lowest BCUT2D eigenvalue weighted by atomic mass is 9.83. The molecule has 3 aliphatic heterocycles. The minimum Gasteiger partial charge on any atom is -0.454 e. The predicted octanol–water partition coefficient (Wildman–Crippen LogP) is 5.11. The largest absolute Gasteiger partial charge is 0.454 e. The number of para-hydroxylation sites is 1. The average molecular weight is 561 g/mol. The van der Waals surface area contributed by atoms with Gasteiger partial charge in [0, 0.05) is 12.1 Å². The number of carbonyl (C=O) groups excluding carboxylic acids is 2. The Bertz CT molecular complexity index is 2020. The molecule has 8 rings (SSSR count). The van der Waals surface area contributed by atoms with Crippen molar-refractivity contribution >= 4 is 28.5 Å². The molecule has 0 fully saturated rings. The van der Waals surface area contributed by atoms with E-state index in [-0.39, 0.29) is 42.2 Å². The van der Waals surface area contributed by atoms with E-state index in [1.165, 1.54) is 11.0 Å². The minimum absolute atomic E-state index is 0.0386. The topological polar surface area (TPSA) is 89.3 Å². The molecule has 0 bridgehead atoms. The second-order valence-electron chi connectivity index (χ2n) is 10.5.